The van der Waals surface area contributed by atoms with Crippen LogP contribution in [0.2, 0.25) is 0 Å². The maximum absolute atomic E-state index is 13.3. The third kappa shape index (κ3) is 4.29. The molecule has 1 saturated heterocycles. The molecule has 0 aliphatic carbocycles. The predicted octanol–water partition coefficient (Wildman–Crippen LogP) is 2.85. The summed E-state index contributed by atoms with van der Waals surface area (Å²) in [5, 5.41) is 7.27. The summed E-state index contributed by atoms with van der Waals surface area (Å²) in [6.07, 6.45) is 0.792. The molecule has 0 saturated carbocycles. The van der Waals surface area contributed by atoms with Crippen molar-refractivity contribution in [3.8, 4) is 5.75 Å². The molecule has 0 unspecified atom stereocenters. The van der Waals surface area contributed by atoms with E-state index in [-0.39, 0.29) is 5.91 Å². The fraction of sp³-hybridized carbons (Fsp3) is 0.417. The van der Waals surface area contributed by atoms with Gasteiger partial charge in [0.25, 0.3) is 5.91 Å². The van der Waals surface area contributed by atoms with E-state index in [1.165, 1.54) is 5.56 Å². The van der Waals surface area contributed by atoms with Gasteiger partial charge >= 0.3 is 0 Å². The Morgan fingerprint density at radius 2 is 2.06 bits per heavy atom. The van der Waals surface area contributed by atoms with Crippen molar-refractivity contribution >= 4 is 17.4 Å². The van der Waals surface area contributed by atoms with Crippen molar-refractivity contribution in [2.45, 2.75) is 25.4 Å². The molecule has 1 fully saturated rings. The number of carbonyl (C=O) groups is 1. The van der Waals surface area contributed by atoms with Gasteiger partial charge in [-0.3, -0.25) is 15.1 Å². The number of hydrogen-bond acceptors (Lipinski definition) is 5. The van der Waals surface area contributed by atoms with Gasteiger partial charge in [0.05, 0.1) is 25.8 Å². The summed E-state index contributed by atoms with van der Waals surface area (Å²) in [7, 11) is 3.31. The molecule has 31 heavy (non-hydrogen) atoms. The molecule has 0 bridgehead atoms. The normalized spacial score (nSPS) is 21.6. The quantitative estimate of drug-likeness (QED) is 0.725. The van der Waals surface area contributed by atoms with E-state index >= 15 is 0 Å². The Bertz CT molecular complexity index is 991. The minimum atomic E-state index is -0.414. The second-order valence-electron chi connectivity index (χ2n) is 8.10. The summed E-state index contributed by atoms with van der Waals surface area (Å²) in [4.78, 5) is 20.1. The number of fused-ring (bicyclic) bond motifs is 1. The smallest absolute Gasteiger partial charge is 0.254 e. The van der Waals surface area contributed by atoms with Gasteiger partial charge in [0, 0.05) is 38.0 Å². The van der Waals surface area contributed by atoms with Crippen LogP contribution < -0.4 is 15.4 Å². The average Bonchev–Trinajstić information content (AvgIpc) is 3.16. The lowest BCUT2D eigenvalue weighted by Gasteiger charge is -2.30. The Balaban J connectivity index is 1.60. The third-order valence-corrected chi connectivity index (χ3v) is 6.13. The Hall–Kier alpha value is -2.90. The minimum Gasteiger partial charge on any atom is -0.497 e. The van der Waals surface area contributed by atoms with Crippen molar-refractivity contribution in [1.29, 1.82) is 0 Å². The summed E-state index contributed by atoms with van der Waals surface area (Å²) < 4.78 is 10.5. The highest BCUT2D eigenvalue weighted by Gasteiger charge is 2.45. The maximum atomic E-state index is 13.3. The van der Waals surface area contributed by atoms with Crippen LogP contribution in [-0.2, 0) is 11.3 Å². The first kappa shape index (κ1) is 21.3. The number of hydrogen-bond donors (Lipinski definition) is 2. The molecule has 7 heteroatoms. The van der Waals surface area contributed by atoms with Gasteiger partial charge in [-0.05, 0) is 48.7 Å². The van der Waals surface area contributed by atoms with Crippen LogP contribution in [-0.4, -0.2) is 62.6 Å². The number of anilines is 1. The first-order chi connectivity index (χ1) is 15.1. The Kier molecular flexibility index (Phi) is 6.25. The van der Waals surface area contributed by atoms with Crippen molar-refractivity contribution in [2.75, 3.05) is 45.8 Å². The van der Waals surface area contributed by atoms with E-state index < -0.39 is 5.54 Å². The van der Waals surface area contributed by atoms with Crippen LogP contribution in [0.5, 0.6) is 5.75 Å². The highest BCUT2D eigenvalue weighted by molar-refractivity contribution is 6.05. The molecule has 0 radical (unpaired) electrons. The Morgan fingerprint density at radius 3 is 2.84 bits per heavy atom. The molecular formula is C24H30N4O3. The zero-order chi connectivity index (χ0) is 21.8. The number of ether oxygens (including phenoxy) is 2. The van der Waals surface area contributed by atoms with Crippen LogP contribution in [0, 0.1) is 6.92 Å². The number of nitrogens with zero attached hydrogens (tertiary/aromatic N) is 2. The fourth-order valence-electron chi connectivity index (χ4n) is 4.33. The van der Waals surface area contributed by atoms with Crippen molar-refractivity contribution in [3.05, 3.63) is 59.2 Å². The number of likely N-dealkylation sites (tertiary alicyclic amines) is 1. The van der Waals surface area contributed by atoms with E-state index in [1.807, 2.05) is 42.2 Å². The summed E-state index contributed by atoms with van der Waals surface area (Å²) in [6, 6.07) is 13.8. The lowest BCUT2D eigenvalue weighted by atomic mass is 9.96. The summed E-state index contributed by atoms with van der Waals surface area (Å²) >= 11 is 0. The average molecular weight is 423 g/mol. The standard InChI is InChI=1S/C24H30N4O3/c1-17-14-19(31-3)8-9-20(17)22(29)28-12-10-24(16-28)23(25-11-13-30-2)27-21-7-5-4-6-18(21)15-26-24/h4-9,14,26H,10-13,15-16H2,1-3H3,(H,25,27)/t24-/m0/s1. The van der Waals surface area contributed by atoms with E-state index in [9.17, 15) is 4.79 Å². The zero-order valence-corrected chi connectivity index (χ0v) is 18.4. The molecule has 2 aromatic rings. The second kappa shape index (κ2) is 9.08. The molecule has 2 aliphatic rings. The molecule has 2 aliphatic heterocycles. The third-order valence-electron chi connectivity index (χ3n) is 6.13. The van der Waals surface area contributed by atoms with Crippen LogP contribution in [0.4, 0.5) is 5.69 Å². The van der Waals surface area contributed by atoms with Gasteiger partial charge in [-0.2, -0.15) is 0 Å². The number of rotatable bonds is 5. The first-order valence-corrected chi connectivity index (χ1v) is 10.6. The SMILES string of the molecule is COCCN=C1Nc2ccccc2CN[C@]12CCN(C(=O)c1ccc(OC)cc1C)C2. The molecule has 1 spiro atoms. The molecule has 7 nitrogen and oxygen atoms in total. The number of methoxy groups -OCH3 is 2. The van der Waals surface area contributed by atoms with E-state index in [0.717, 1.165) is 35.8 Å². The summed E-state index contributed by atoms with van der Waals surface area (Å²) in [6.45, 7) is 5.01. The number of carbonyl (C=O) groups excluding carboxylic acids is 1. The number of benzene rings is 2. The first-order valence-electron chi connectivity index (χ1n) is 10.6. The molecule has 2 aromatic carbocycles. The van der Waals surface area contributed by atoms with E-state index in [4.69, 9.17) is 14.5 Å². The fourth-order valence-corrected chi connectivity index (χ4v) is 4.33. The topological polar surface area (TPSA) is 75.2 Å². The van der Waals surface area contributed by atoms with Gasteiger partial charge in [-0.25, -0.2) is 0 Å². The molecule has 1 atom stereocenters. The van der Waals surface area contributed by atoms with Crippen LogP contribution >= 0.6 is 0 Å². The monoisotopic (exact) mass is 422 g/mol. The van der Waals surface area contributed by atoms with Gasteiger partial charge < -0.3 is 19.7 Å². The molecule has 0 aromatic heterocycles. The Morgan fingerprint density at radius 1 is 1.23 bits per heavy atom. The van der Waals surface area contributed by atoms with E-state index in [1.54, 1.807) is 14.2 Å². The van der Waals surface area contributed by atoms with Crippen molar-refractivity contribution < 1.29 is 14.3 Å². The Labute approximate surface area is 183 Å². The van der Waals surface area contributed by atoms with Crippen LogP contribution in [0.15, 0.2) is 47.5 Å². The number of para-hydroxylation sites is 1. The molecule has 2 N–H and O–H groups in total. The van der Waals surface area contributed by atoms with Crippen LogP contribution in [0.3, 0.4) is 0 Å². The highest BCUT2D eigenvalue weighted by atomic mass is 16.5. The number of aliphatic imine (C=N–C) groups is 1. The molecule has 1 amide bonds. The maximum Gasteiger partial charge on any atom is 0.254 e. The largest absolute Gasteiger partial charge is 0.497 e. The van der Waals surface area contributed by atoms with Crippen LogP contribution in [0.25, 0.3) is 0 Å². The number of nitrogens with one attached hydrogen (secondary N) is 2. The van der Waals surface area contributed by atoms with E-state index in [0.29, 0.717) is 31.8 Å². The van der Waals surface area contributed by atoms with Gasteiger partial charge in [-0.1, -0.05) is 18.2 Å². The van der Waals surface area contributed by atoms with Gasteiger partial charge in [0.1, 0.15) is 11.6 Å². The summed E-state index contributed by atoms with van der Waals surface area (Å²) in [5.74, 6) is 1.67. The minimum absolute atomic E-state index is 0.0387. The predicted molar refractivity (Wildman–Crippen MR) is 122 cm³/mol. The highest BCUT2D eigenvalue weighted by Crippen LogP contribution is 2.31. The molecule has 4 rings (SSSR count). The van der Waals surface area contributed by atoms with Gasteiger partial charge in [-0.15, -0.1) is 0 Å². The van der Waals surface area contributed by atoms with Crippen molar-refractivity contribution in [2.24, 2.45) is 4.99 Å². The number of amidine groups is 1. The van der Waals surface area contributed by atoms with Crippen molar-refractivity contribution in [1.82, 2.24) is 10.2 Å². The molecule has 2 heterocycles. The zero-order valence-electron chi connectivity index (χ0n) is 18.4. The summed E-state index contributed by atoms with van der Waals surface area (Å²) in [5.41, 5.74) is 3.45. The molecular weight excluding hydrogens is 392 g/mol. The molecule has 164 valence electrons. The van der Waals surface area contributed by atoms with Crippen molar-refractivity contribution in [3.63, 3.8) is 0 Å². The lowest BCUT2D eigenvalue weighted by Crippen LogP contribution is -2.55. The lowest BCUT2D eigenvalue weighted by molar-refractivity contribution is 0.0785. The van der Waals surface area contributed by atoms with Crippen LogP contribution in [0.1, 0.15) is 27.9 Å². The van der Waals surface area contributed by atoms with Gasteiger partial charge in [0.2, 0.25) is 0 Å². The number of amides is 1. The second-order valence-corrected chi connectivity index (χ2v) is 8.10. The number of aryl methyl sites for hydroxylation is 1. The van der Waals surface area contributed by atoms with Gasteiger partial charge in [0.15, 0.2) is 0 Å². The van der Waals surface area contributed by atoms with E-state index in [2.05, 4.69) is 22.8 Å².